The van der Waals surface area contributed by atoms with Crippen LogP contribution in [0.1, 0.15) is 10.4 Å². The van der Waals surface area contributed by atoms with E-state index in [1.165, 1.54) is 40.7 Å². The largest absolute Gasteiger partial charge is 0.298 e. The third-order valence-corrected chi connectivity index (χ3v) is 7.38. The van der Waals surface area contributed by atoms with Crippen LogP contribution in [0, 0.1) is 0 Å². The molecule has 10 heteroatoms. The van der Waals surface area contributed by atoms with Crippen LogP contribution in [0.2, 0.25) is 10.0 Å². The molecular weight excluding hydrogens is 465 g/mol. The van der Waals surface area contributed by atoms with Gasteiger partial charge in [-0.3, -0.25) is 10.1 Å². The van der Waals surface area contributed by atoms with Gasteiger partial charge in [0.1, 0.15) is 0 Å². The summed E-state index contributed by atoms with van der Waals surface area (Å²) in [5, 5.41) is 3.63. The van der Waals surface area contributed by atoms with E-state index in [1.54, 1.807) is 12.1 Å². The molecule has 0 aliphatic carbocycles. The van der Waals surface area contributed by atoms with Crippen LogP contribution in [0.3, 0.4) is 0 Å². The Bertz CT molecular complexity index is 1230. The van der Waals surface area contributed by atoms with Gasteiger partial charge < -0.3 is 0 Å². The second-order valence-corrected chi connectivity index (χ2v) is 9.94. The number of hydrogen-bond donors (Lipinski definition) is 1. The number of thiazole rings is 1. The van der Waals surface area contributed by atoms with E-state index < -0.39 is 15.9 Å². The molecule has 1 aromatic heterocycles. The summed E-state index contributed by atoms with van der Waals surface area (Å²) >= 11 is 13.2. The highest BCUT2D eigenvalue weighted by atomic mass is 35.5. The van der Waals surface area contributed by atoms with Gasteiger partial charge in [-0.25, -0.2) is 13.4 Å². The summed E-state index contributed by atoms with van der Waals surface area (Å²) in [6.45, 7) is 7.53. The smallest absolute Gasteiger partial charge is 0.259 e. The minimum atomic E-state index is -3.73. The SMILES string of the molecule is C=CCN(CC=C)S(=O)(=O)c1ccc2nc(NC(=O)c3cc(Cl)ccc3Cl)sc2c1. The zero-order chi connectivity index (χ0) is 21.9. The molecule has 1 N–H and O–H groups in total. The second kappa shape index (κ2) is 9.28. The average Bonchev–Trinajstić information content (AvgIpc) is 3.10. The Morgan fingerprint density at radius 3 is 2.50 bits per heavy atom. The number of amides is 1. The van der Waals surface area contributed by atoms with E-state index in [1.807, 2.05) is 0 Å². The Labute approximate surface area is 188 Å². The molecule has 0 unspecified atom stereocenters. The number of aromatic nitrogens is 1. The minimum Gasteiger partial charge on any atom is -0.298 e. The van der Waals surface area contributed by atoms with Crippen molar-refractivity contribution < 1.29 is 13.2 Å². The zero-order valence-electron chi connectivity index (χ0n) is 15.6. The quantitative estimate of drug-likeness (QED) is 0.447. The molecule has 0 radical (unpaired) electrons. The number of hydrogen-bond acceptors (Lipinski definition) is 5. The van der Waals surface area contributed by atoms with Gasteiger partial charge in [-0.1, -0.05) is 46.7 Å². The first kappa shape index (κ1) is 22.5. The predicted octanol–water partition coefficient (Wildman–Crippen LogP) is 5.22. The molecule has 0 spiro atoms. The molecule has 1 heterocycles. The normalized spacial score (nSPS) is 11.6. The number of nitrogens with one attached hydrogen (secondary N) is 1. The average molecular weight is 482 g/mol. The van der Waals surface area contributed by atoms with Crippen molar-refractivity contribution in [3.8, 4) is 0 Å². The van der Waals surface area contributed by atoms with Crippen molar-refractivity contribution in [2.75, 3.05) is 18.4 Å². The van der Waals surface area contributed by atoms with E-state index >= 15 is 0 Å². The number of sulfonamides is 1. The van der Waals surface area contributed by atoms with Crippen LogP contribution < -0.4 is 5.32 Å². The summed E-state index contributed by atoms with van der Waals surface area (Å²) < 4.78 is 27.7. The zero-order valence-corrected chi connectivity index (χ0v) is 18.8. The lowest BCUT2D eigenvalue weighted by molar-refractivity contribution is 0.102. The van der Waals surface area contributed by atoms with Crippen molar-refractivity contribution in [1.29, 1.82) is 0 Å². The molecule has 0 saturated carbocycles. The van der Waals surface area contributed by atoms with Crippen LogP contribution in [0.25, 0.3) is 10.2 Å². The lowest BCUT2D eigenvalue weighted by Crippen LogP contribution is -2.31. The predicted molar refractivity (Wildman–Crippen MR) is 123 cm³/mol. The molecule has 6 nitrogen and oxygen atoms in total. The minimum absolute atomic E-state index is 0.123. The van der Waals surface area contributed by atoms with Crippen molar-refractivity contribution in [2.45, 2.75) is 4.90 Å². The Hall–Kier alpha value is -2.23. The van der Waals surface area contributed by atoms with Crippen molar-refractivity contribution in [1.82, 2.24) is 9.29 Å². The van der Waals surface area contributed by atoms with Crippen LogP contribution >= 0.6 is 34.5 Å². The van der Waals surface area contributed by atoms with Crippen molar-refractivity contribution >= 4 is 65.8 Å². The molecule has 30 heavy (non-hydrogen) atoms. The molecule has 0 atom stereocenters. The first-order valence-corrected chi connectivity index (χ1v) is 11.7. The van der Waals surface area contributed by atoms with Gasteiger partial charge in [-0.2, -0.15) is 4.31 Å². The van der Waals surface area contributed by atoms with Gasteiger partial charge in [0.25, 0.3) is 5.91 Å². The molecule has 3 aromatic rings. The number of anilines is 1. The van der Waals surface area contributed by atoms with Gasteiger partial charge in [0.2, 0.25) is 10.0 Å². The van der Waals surface area contributed by atoms with E-state index in [0.717, 1.165) is 11.3 Å². The number of carbonyl (C=O) groups excluding carboxylic acids is 1. The number of rotatable bonds is 8. The lowest BCUT2D eigenvalue weighted by atomic mass is 10.2. The van der Waals surface area contributed by atoms with Gasteiger partial charge in [0, 0.05) is 18.1 Å². The monoisotopic (exact) mass is 481 g/mol. The maximum absolute atomic E-state index is 12.9. The lowest BCUT2D eigenvalue weighted by Gasteiger charge is -2.18. The summed E-state index contributed by atoms with van der Waals surface area (Å²) in [5.41, 5.74) is 0.779. The molecule has 156 valence electrons. The summed E-state index contributed by atoms with van der Waals surface area (Å²) in [5.74, 6) is -0.461. The van der Waals surface area contributed by atoms with E-state index in [2.05, 4.69) is 23.5 Å². The number of nitrogens with zero attached hydrogens (tertiary/aromatic N) is 2. The van der Waals surface area contributed by atoms with Gasteiger partial charge in [0.05, 0.1) is 25.7 Å². The van der Waals surface area contributed by atoms with E-state index in [4.69, 9.17) is 23.2 Å². The van der Waals surface area contributed by atoms with Crippen LogP contribution in [0.4, 0.5) is 5.13 Å². The third kappa shape index (κ3) is 4.74. The fraction of sp³-hybridized carbons (Fsp3) is 0.100. The first-order chi connectivity index (χ1) is 14.3. The molecule has 0 saturated heterocycles. The molecular formula is C20H17Cl2N3O3S2. The van der Waals surface area contributed by atoms with Crippen LogP contribution in [0.15, 0.2) is 66.6 Å². The molecule has 0 fully saturated rings. The Balaban J connectivity index is 1.90. The summed E-state index contributed by atoms with van der Waals surface area (Å²) in [6.07, 6.45) is 3.03. The molecule has 0 aliphatic rings. The molecule has 0 aliphatic heterocycles. The van der Waals surface area contributed by atoms with Gasteiger partial charge >= 0.3 is 0 Å². The summed E-state index contributed by atoms with van der Waals surface area (Å²) in [7, 11) is -3.73. The van der Waals surface area contributed by atoms with Gasteiger partial charge in [0.15, 0.2) is 5.13 Å². The van der Waals surface area contributed by atoms with Crippen LogP contribution in [-0.4, -0.2) is 36.7 Å². The number of halogens is 2. The van der Waals surface area contributed by atoms with Gasteiger partial charge in [-0.15, -0.1) is 13.2 Å². The fourth-order valence-electron chi connectivity index (χ4n) is 2.66. The molecule has 3 rings (SSSR count). The number of fused-ring (bicyclic) bond motifs is 1. The maximum Gasteiger partial charge on any atom is 0.259 e. The topological polar surface area (TPSA) is 79.4 Å². The molecule has 0 bridgehead atoms. The van der Waals surface area contributed by atoms with E-state index in [0.29, 0.717) is 20.4 Å². The highest BCUT2D eigenvalue weighted by Gasteiger charge is 2.23. The number of benzene rings is 2. The molecule has 2 aromatic carbocycles. The van der Waals surface area contributed by atoms with Crippen molar-refractivity contribution in [3.05, 3.63) is 77.3 Å². The van der Waals surface area contributed by atoms with Crippen LogP contribution in [-0.2, 0) is 10.0 Å². The molecule has 1 amide bonds. The van der Waals surface area contributed by atoms with Crippen molar-refractivity contribution in [3.63, 3.8) is 0 Å². The van der Waals surface area contributed by atoms with Crippen LogP contribution in [0.5, 0.6) is 0 Å². The van der Waals surface area contributed by atoms with E-state index in [-0.39, 0.29) is 28.6 Å². The summed E-state index contributed by atoms with van der Waals surface area (Å²) in [6, 6.07) is 9.19. The third-order valence-electron chi connectivity index (χ3n) is 4.06. The fourth-order valence-corrected chi connectivity index (χ4v) is 5.42. The first-order valence-electron chi connectivity index (χ1n) is 8.65. The Morgan fingerprint density at radius 1 is 1.13 bits per heavy atom. The van der Waals surface area contributed by atoms with Crippen molar-refractivity contribution in [2.24, 2.45) is 0 Å². The highest BCUT2D eigenvalue weighted by Crippen LogP contribution is 2.30. The number of carbonyl (C=O) groups is 1. The Kier molecular flexibility index (Phi) is 6.95. The standard InChI is InChI=1S/C20H17Cl2N3O3S2/c1-3-9-25(10-4-2)30(27,28)14-6-8-17-18(12-14)29-20(23-17)24-19(26)15-11-13(21)5-7-16(15)22/h3-8,11-12H,1-2,9-10H2,(H,23,24,26). The van der Waals surface area contributed by atoms with Gasteiger partial charge in [-0.05, 0) is 36.4 Å². The highest BCUT2D eigenvalue weighted by molar-refractivity contribution is 7.89. The summed E-state index contributed by atoms with van der Waals surface area (Å²) in [4.78, 5) is 17.0. The Morgan fingerprint density at radius 2 is 1.83 bits per heavy atom. The van der Waals surface area contributed by atoms with E-state index in [9.17, 15) is 13.2 Å². The maximum atomic E-state index is 12.9. The second-order valence-electron chi connectivity index (χ2n) is 6.13.